The fourth-order valence-electron chi connectivity index (χ4n) is 2.65. The second-order valence-electron chi connectivity index (χ2n) is 6.76. The van der Waals surface area contributed by atoms with Gasteiger partial charge >= 0.3 is 0 Å². The summed E-state index contributed by atoms with van der Waals surface area (Å²) in [6.07, 6.45) is 1.71. The van der Waals surface area contributed by atoms with Crippen molar-refractivity contribution in [2.24, 2.45) is 5.92 Å². The number of rotatable bonds is 5. The lowest BCUT2D eigenvalue weighted by molar-refractivity contribution is 0.0946. The molecule has 0 atom stereocenters. The van der Waals surface area contributed by atoms with Crippen molar-refractivity contribution in [1.82, 2.24) is 14.7 Å². The molecule has 2 aromatic heterocycles. The van der Waals surface area contributed by atoms with Crippen molar-refractivity contribution >= 4 is 34.6 Å². The normalized spacial score (nSPS) is 11.0. The van der Waals surface area contributed by atoms with Gasteiger partial charge in [0.2, 0.25) is 5.82 Å². The van der Waals surface area contributed by atoms with Gasteiger partial charge in [0.25, 0.3) is 11.8 Å². The molecule has 0 radical (unpaired) electrons. The molecule has 3 aromatic rings. The molecule has 140 valence electrons. The maximum absolute atomic E-state index is 12.8. The van der Waals surface area contributed by atoms with E-state index in [4.69, 9.17) is 11.6 Å². The number of benzene rings is 1. The first-order valence-electron chi connectivity index (χ1n) is 8.69. The molecule has 2 amide bonds. The zero-order valence-electron chi connectivity index (χ0n) is 15.4. The smallest absolute Gasteiger partial charge is 0.292 e. The molecule has 0 saturated carbocycles. The lowest BCUT2D eigenvalue weighted by Gasteiger charge is -2.08. The molecule has 0 saturated heterocycles. The molecule has 7 heteroatoms. The number of halogens is 1. The largest absolute Gasteiger partial charge is 0.350 e. The van der Waals surface area contributed by atoms with Gasteiger partial charge < -0.3 is 10.6 Å². The van der Waals surface area contributed by atoms with E-state index in [1.165, 1.54) is 0 Å². The summed E-state index contributed by atoms with van der Waals surface area (Å²) in [5, 5.41) is 6.19. The molecular weight excluding hydrogens is 364 g/mol. The van der Waals surface area contributed by atoms with Gasteiger partial charge in [-0.2, -0.15) is 0 Å². The van der Waals surface area contributed by atoms with E-state index in [-0.39, 0.29) is 17.4 Å². The average molecular weight is 385 g/mol. The van der Waals surface area contributed by atoms with Crippen LogP contribution in [0, 0.1) is 12.8 Å². The minimum Gasteiger partial charge on any atom is -0.350 e. The number of hydrogen-bond donors (Lipinski definition) is 2. The molecule has 0 spiro atoms. The van der Waals surface area contributed by atoms with Gasteiger partial charge in [-0.25, -0.2) is 4.98 Å². The minimum absolute atomic E-state index is 0.139. The van der Waals surface area contributed by atoms with Crippen LogP contribution in [-0.4, -0.2) is 27.7 Å². The van der Waals surface area contributed by atoms with Crippen molar-refractivity contribution in [3.8, 4) is 0 Å². The lowest BCUT2D eigenvalue weighted by atomic mass is 10.2. The molecule has 3 rings (SSSR count). The van der Waals surface area contributed by atoms with E-state index in [9.17, 15) is 9.59 Å². The summed E-state index contributed by atoms with van der Waals surface area (Å²) in [4.78, 5) is 29.7. The maximum atomic E-state index is 12.8. The number of imidazole rings is 1. The zero-order chi connectivity index (χ0) is 19.6. The van der Waals surface area contributed by atoms with E-state index >= 15 is 0 Å². The summed E-state index contributed by atoms with van der Waals surface area (Å²) < 4.78 is 1.61. The summed E-state index contributed by atoms with van der Waals surface area (Å²) >= 11 is 6.02. The highest BCUT2D eigenvalue weighted by atomic mass is 35.5. The first kappa shape index (κ1) is 18.9. The Balaban J connectivity index is 1.95. The monoisotopic (exact) mass is 384 g/mol. The van der Waals surface area contributed by atoms with Crippen LogP contribution in [0.15, 0.2) is 42.6 Å². The van der Waals surface area contributed by atoms with Crippen LogP contribution in [-0.2, 0) is 0 Å². The van der Waals surface area contributed by atoms with Gasteiger partial charge in [0.05, 0.1) is 5.52 Å². The highest BCUT2D eigenvalue weighted by Gasteiger charge is 2.22. The Bertz CT molecular complexity index is 1010. The van der Waals surface area contributed by atoms with E-state index in [2.05, 4.69) is 15.6 Å². The summed E-state index contributed by atoms with van der Waals surface area (Å²) in [7, 11) is 0. The molecule has 0 aliphatic rings. The van der Waals surface area contributed by atoms with Crippen molar-refractivity contribution in [1.29, 1.82) is 0 Å². The summed E-state index contributed by atoms with van der Waals surface area (Å²) in [6, 6.07) is 10.6. The van der Waals surface area contributed by atoms with Crippen molar-refractivity contribution in [2.75, 3.05) is 11.9 Å². The van der Waals surface area contributed by atoms with Crippen LogP contribution in [0.25, 0.3) is 5.52 Å². The Kier molecular flexibility index (Phi) is 5.46. The molecular formula is C20H21ClN4O2. The van der Waals surface area contributed by atoms with Crippen LogP contribution in [0.1, 0.15) is 40.5 Å². The van der Waals surface area contributed by atoms with E-state index in [0.29, 0.717) is 28.7 Å². The Hall–Kier alpha value is -2.86. The number of aryl methyl sites for hydroxylation is 1. The molecule has 6 nitrogen and oxygen atoms in total. The fraction of sp³-hybridized carbons (Fsp3) is 0.250. The second kappa shape index (κ2) is 7.80. The van der Waals surface area contributed by atoms with E-state index in [1.54, 1.807) is 40.9 Å². The number of aromatic nitrogens is 2. The van der Waals surface area contributed by atoms with Gasteiger partial charge in [-0.05, 0) is 42.7 Å². The van der Waals surface area contributed by atoms with Gasteiger partial charge in [0.15, 0.2) is 5.69 Å². The van der Waals surface area contributed by atoms with E-state index in [1.807, 2.05) is 26.8 Å². The number of hydrogen-bond acceptors (Lipinski definition) is 3. The first-order chi connectivity index (χ1) is 12.9. The number of amides is 2. The van der Waals surface area contributed by atoms with Gasteiger partial charge in [0.1, 0.15) is 0 Å². The van der Waals surface area contributed by atoms with Gasteiger partial charge in [-0.15, -0.1) is 0 Å². The summed E-state index contributed by atoms with van der Waals surface area (Å²) in [5.41, 5.74) is 2.28. The highest BCUT2D eigenvalue weighted by Crippen LogP contribution is 2.21. The molecule has 27 heavy (non-hydrogen) atoms. The third-order valence-electron chi connectivity index (χ3n) is 4.09. The number of carbonyl (C=O) groups is 2. The molecule has 2 N–H and O–H groups in total. The van der Waals surface area contributed by atoms with Crippen LogP contribution < -0.4 is 10.6 Å². The SMILES string of the molecule is Cc1ccc(Cl)cc1NC(=O)c1nc(C(=O)NCC(C)C)c2ccccn12. The number of nitrogens with zero attached hydrogens (tertiary/aromatic N) is 2. The zero-order valence-corrected chi connectivity index (χ0v) is 16.2. The van der Waals surface area contributed by atoms with Gasteiger partial charge in [-0.1, -0.05) is 37.6 Å². The highest BCUT2D eigenvalue weighted by molar-refractivity contribution is 6.31. The molecule has 0 aliphatic heterocycles. The van der Waals surface area contributed by atoms with Crippen LogP contribution in [0.4, 0.5) is 5.69 Å². The van der Waals surface area contributed by atoms with Crippen LogP contribution in [0.3, 0.4) is 0 Å². The number of fused-ring (bicyclic) bond motifs is 1. The van der Waals surface area contributed by atoms with E-state index in [0.717, 1.165) is 5.56 Å². The van der Waals surface area contributed by atoms with Crippen LogP contribution in [0.2, 0.25) is 5.02 Å². The average Bonchev–Trinajstić information content (AvgIpc) is 3.02. The van der Waals surface area contributed by atoms with Crippen LogP contribution >= 0.6 is 11.6 Å². The van der Waals surface area contributed by atoms with Crippen LogP contribution in [0.5, 0.6) is 0 Å². The Morgan fingerprint density at radius 2 is 1.96 bits per heavy atom. The first-order valence-corrected chi connectivity index (χ1v) is 9.07. The maximum Gasteiger partial charge on any atom is 0.292 e. The lowest BCUT2D eigenvalue weighted by Crippen LogP contribution is -2.27. The molecule has 2 heterocycles. The molecule has 0 aliphatic carbocycles. The quantitative estimate of drug-likeness (QED) is 0.699. The predicted molar refractivity (Wildman–Crippen MR) is 107 cm³/mol. The topological polar surface area (TPSA) is 75.5 Å². The van der Waals surface area contributed by atoms with Gasteiger partial charge in [0, 0.05) is 23.5 Å². The summed E-state index contributed by atoms with van der Waals surface area (Å²) in [5.74, 6) is -0.258. The molecule has 1 aromatic carbocycles. The number of nitrogens with one attached hydrogen (secondary N) is 2. The standard InChI is InChI=1S/C20H21ClN4O2/c1-12(2)11-22-19(26)17-16-6-4-5-9-25(16)18(24-17)20(27)23-15-10-14(21)8-7-13(15)3/h4-10,12H,11H2,1-3H3,(H,22,26)(H,23,27). The third-order valence-corrected chi connectivity index (χ3v) is 4.32. The van der Waals surface area contributed by atoms with Crippen molar-refractivity contribution in [3.63, 3.8) is 0 Å². The van der Waals surface area contributed by atoms with Gasteiger partial charge in [-0.3, -0.25) is 14.0 Å². The van der Waals surface area contributed by atoms with E-state index < -0.39 is 5.91 Å². The van der Waals surface area contributed by atoms with Crippen molar-refractivity contribution in [3.05, 3.63) is 64.7 Å². The summed E-state index contributed by atoms with van der Waals surface area (Å²) in [6.45, 7) is 6.43. The minimum atomic E-state index is -0.413. The third kappa shape index (κ3) is 4.11. The molecule has 0 bridgehead atoms. The fourth-order valence-corrected chi connectivity index (χ4v) is 2.82. The van der Waals surface area contributed by atoms with Crippen molar-refractivity contribution in [2.45, 2.75) is 20.8 Å². The number of anilines is 1. The second-order valence-corrected chi connectivity index (χ2v) is 7.19. The Morgan fingerprint density at radius 3 is 2.70 bits per heavy atom. The molecule has 0 fully saturated rings. The number of pyridine rings is 1. The Morgan fingerprint density at radius 1 is 1.19 bits per heavy atom. The predicted octanol–water partition coefficient (Wildman–Crippen LogP) is 3.93. The molecule has 0 unspecified atom stereocenters. The Labute approximate surface area is 162 Å². The van der Waals surface area contributed by atoms with Crippen molar-refractivity contribution < 1.29 is 9.59 Å². The number of carbonyl (C=O) groups excluding carboxylic acids is 2.